The Balaban J connectivity index is 5.07. The summed E-state index contributed by atoms with van der Waals surface area (Å²) >= 11 is 0. The van der Waals surface area contributed by atoms with Crippen molar-refractivity contribution in [2.24, 2.45) is 0 Å². The Hall–Kier alpha value is -2.29. The van der Waals surface area contributed by atoms with Gasteiger partial charge in [0.2, 0.25) is 5.91 Å². The average molecular weight is 1140 g/mol. The van der Waals surface area contributed by atoms with Crippen molar-refractivity contribution in [3.05, 3.63) is 60.8 Å². The minimum atomic E-state index is -4.70. The van der Waals surface area contributed by atoms with E-state index in [0.717, 1.165) is 83.5 Å². The number of likely N-dealkylation sites (N-methyl/N-ethyl adjacent to an activating group) is 1. The average Bonchev–Trinajstić information content (AvgIpc) is 3.42. The van der Waals surface area contributed by atoms with Crippen molar-refractivity contribution in [3.63, 3.8) is 0 Å². The molecule has 0 saturated heterocycles. The van der Waals surface area contributed by atoms with E-state index in [0.29, 0.717) is 17.4 Å². The fourth-order valence-electron chi connectivity index (χ4n) is 9.92. The van der Waals surface area contributed by atoms with Crippen LogP contribution in [0.5, 0.6) is 0 Å². The maximum absolute atomic E-state index is 13.6. The number of carbonyl (C=O) groups excluding carboxylic acids is 2. The first-order chi connectivity index (χ1) is 38.9. The molecule has 0 aromatic heterocycles. The summed E-state index contributed by atoms with van der Waals surface area (Å²) < 4.78 is 30.4. The molecule has 0 aliphatic heterocycles. The maximum atomic E-state index is 13.6. The van der Waals surface area contributed by atoms with Gasteiger partial charge in [0.25, 0.3) is 7.82 Å². The van der Waals surface area contributed by atoms with Crippen LogP contribution in [0.15, 0.2) is 60.8 Å². The van der Waals surface area contributed by atoms with Gasteiger partial charge in [0.15, 0.2) is 0 Å². The van der Waals surface area contributed by atoms with Crippen LogP contribution < -0.4 is 10.2 Å². The van der Waals surface area contributed by atoms with Crippen molar-refractivity contribution in [2.45, 2.75) is 335 Å². The summed E-state index contributed by atoms with van der Waals surface area (Å²) in [4.78, 5) is 40.1. The zero-order chi connectivity index (χ0) is 58.6. The van der Waals surface area contributed by atoms with Crippen LogP contribution in [0.2, 0.25) is 0 Å². The number of nitrogens with one attached hydrogen (secondary N) is 1. The lowest BCUT2D eigenvalue weighted by Crippen LogP contribution is -2.47. The Morgan fingerprint density at radius 2 is 0.762 bits per heavy atom. The number of hydrogen-bond donors (Lipinski definition) is 1. The molecule has 0 aliphatic carbocycles. The fourth-order valence-corrected chi connectivity index (χ4v) is 10.6. The molecule has 9 nitrogen and oxygen atoms in total. The standard InChI is InChI=1S/C70H131N2O7P/c1-7-10-13-16-19-22-25-28-30-31-32-33-34-35-36-37-38-39-40-41-42-44-47-50-53-56-59-62-69(73)71-67(66-78-80(75,76)77-65-64-72(4,5)6)68(61-58-55-52-49-46-43-27-24-21-18-15-12-9-3)79-70(74)63-60-57-54-51-48-45-29-26-23-20-17-14-11-8-2/h19,22,28,30,32-33,35-36,58,61,67-68H,7-18,20-21,23-27,29,31,34,37-57,59-60,62-66H2,1-6H3,(H-,71,73,75,76)/b22-19-,30-28-,33-32-,36-35-,61-58-. The van der Waals surface area contributed by atoms with Gasteiger partial charge < -0.3 is 28.5 Å². The normalized spacial score (nSPS) is 13.9. The van der Waals surface area contributed by atoms with Gasteiger partial charge in [-0.1, -0.05) is 294 Å². The molecule has 0 aromatic carbocycles. The highest BCUT2D eigenvalue weighted by Crippen LogP contribution is 2.38. The molecule has 1 amide bonds. The van der Waals surface area contributed by atoms with Crippen LogP contribution in [0.3, 0.4) is 0 Å². The highest BCUT2D eigenvalue weighted by Gasteiger charge is 2.27. The van der Waals surface area contributed by atoms with Gasteiger partial charge in [-0.05, 0) is 76.7 Å². The molecular weight excluding hydrogens is 1010 g/mol. The molecule has 80 heavy (non-hydrogen) atoms. The first-order valence-electron chi connectivity index (χ1n) is 34.1. The first-order valence-corrected chi connectivity index (χ1v) is 35.6. The smallest absolute Gasteiger partial charge is 0.306 e. The first kappa shape index (κ1) is 77.7. The van der Waals surface area contributed by atoms with Gasteiger partial charge in [-0.15, -0.1) is 0 Å². The number of rotatable bonds is 62. The third kappa shape index (κ3) is 60.3. The van der Waals surface area contributed by atoms with Crippen LogP contribution >= 0.6 is 7.82 Å². The van der Waals surface area contributed by atoms with Crippen LogP contribution in [0.1, 0.15) is 323 Å². The minimum Gasteiger partial charge on any atom is -0.756 e. The predicted octanol–water partition coefficient (Wildman–Crippen LogP) is 20.8. The molecule has 0 aliphatic rings. The van der Waals surface area contributed by atoms with Gasteiger partial charge in [-0.25, -0.2) is 0 Å². The Bertz CT molecular complexity index is 1550. The molecule has 0 rings (SSSR count). The lowest BCUT2D eigenvalue weighted by Gasteiger charge is -2.30. The topological polar surface area (TPSA) is 114 Å². The molecule has 468 valence electrons. The summed E-state index contributed by atoms with van der Waals surface area (Å²) in [6.45, 7) is 6.85. The van der Waals surface area contributed by atoms with E-state index in [1.165, 1.54) is 205 Å². The number of allylic oxidation sites excluding steroid dienone is 9. The van der Waals surface area contributed by atoms with Crippen LogP contribution in [-0.4, -0.2) is 69.4 Å². The summed E-state index contributed by atoms with van der Waals surface area (Å²) in [7, 11) is 1.19. The van der Waals surface area contributed by atoms with Crippen molar-refractivity contribution in [1.29, 1.82) is 0 Å². The van der Waals surface area contributed by atoms with Gasteiger partial charge in [0.05, 0.1) is 33.8 Å². The number of amides is 1. The Morgan fingerprint density at radius 1 is 0.438 bits per heavy atom. The van der Waals surface area contributed by atoms with E-state index in [-0.39, 0.29) is 31.5 Å². The Labute approximate surface area is 496 Å². The largest absolute Gasteiger partial charge is 0.756 e. The molecule has 1 N–H and O–H groups in total. The Kier molecular flexibility index (Phi) is 58.1. The summed E-state index contributed by atoms with van der Waals surface area (Å²) in [5, 5.41) is 3.04. The van der Waals surface area contributed by atoms with Gasteiger partial charge in [0.1, 0.15) is 19.3 Å². The lowest BCUT2D eigenvalue weighted by atomic mass is 10.0. The van der Waals surface area contributed by atoms with E-state index in [2.05, 4.69) is 74.7 Å². The number of ether oxygens (including phenoxy) is 1. The highest BCUT2D eigenvalue weighted by molar-refractivity contribution is 7.45. The highest BCUT2D eigenvalue weighted by atomic mass is 31.2. The van der Waals surface area contributed by atoms with E-state index < -0.39 is 20.0 Å². The minimum absolute atomic E-state index is 0.0222. The third-order valence-electron chi connectivity index (χ3n) is 15.2. The van der Waals surface area contributed by atoms with E-state index >= 15 is 0 Å². The lowest BCUT2D eigenvalue weighted by molar-refractivity contribution is -0.870. The van der Waals surface area contributed by atoms with Gasteiger partial charge in [0, 0.05) is 12.8 Å². The molecule has 0 radical (unpaired) electrons. The third-order valence-corrected chi connectivity index (χ3v) is 16.2. The number of nitrogens with zero attached hydrogens (tertiary/aromatic N) is 1. The molecule has 0 spiro atoms. The number of hydrogen-bond acceptors (Lipinski definition) is 7. The number of carbonyl (C=O) groups is 2. The van der Waals surface area contributed by atoms with Gasteiger partial charge in [-0.2, -0.15) is 0 Å². The van der Waals surface area contributed by atoms with E-state index in [1.54, 1.807) is 0 Å². The van der Waals surface area contributed by atoms with E-state index in [9.17, 15) is 19.0 Å². The van der Waals surface area contributed by atoms with Crippen molar-refractivity contribution in [1.82, 2.24) is 5.32 Å². The Morgan fingerprint density at radius 3 is 1.16 bits per heavy atom. The summed E-state index contributed by atoms with van der Waals surface area (Å²) in [6.07, 6.45) is 76.2. The molecule has 3 atom stereocenters. The van der Waals surface area contributed by atoms with Crippen molar-refractivity contribution in [3.8, 4) is 0 Å². The number of unbranched alkanes of at least 4 members (excludes halogenated alkanes) is 38. The van der Waals surface area contributed by atoms with Gasteiger partial charge >= 0.3 is 5.97 Å². The molecular formula is C70H131N2O7P. The number of quaternary nitrogens is 1. The summed E-state index contributed by atoms with van der Waals surface area (Å²) in [5.74, 6) is -0.532. The summed E-state index contributed by atoms with van der Waals surface area (Å²) in [6, 6.07) is -0.889. The van der Waals surface area contributed by atoms with Crippen molar-refractivity contribution < 1.29 is 37.3 Å². The number of esters is 1. The van der Waals surface area contributed by atoms with Crippen LogP contribution in [0.25, 0.3) is 0 Å². The van der Waals surface area contributed by atoms with E-state index in [1.807, 2.05) is 33.3 Å². The van der Waals surface area contributed by atoms with Crippen LogP contribution in [-0.2, 0) is 27.9 Å². The van der Waals surface area contributed by atoms with Gasteiger partial charge in [-0.3, -0.25) is 14.2 Å². The molecule has 10 heteroatoms. The fraction of sp³-hybridized carbons (Fsp3) is 0.829. The quantitative estimate of drug-likeness (QED) is 0.0212. The van der Waals surface area contributed by atoms with Crippen molar-refractivity contribution in [2.75, 3.05) is 40.9 Å². The maximum Gasteiger partial charge on any atom is 0.306 e. The molecule has 3 unspecified atom stereocenters. The van der Waals surface area contributed by atoms with Crippen LogP contribution in [0, 0.1) is 0 Å². The zero-order valence-electron chi connectivity index (χ0n) is 53.5. The van der Waals surface area contributed by atoms with E-state index in [4.69, 9.17) is 13.8 Å². The second kappa shape index (κ2) is 59.9. The zero-order valence-corrected chi connectivity index (χ0v) is 54.4. The monoisotopic (exact) mass is 1140 g/mol. The second-order valence-electron chi connectivity index (χ2n) is 24.3. The van der Waals surface area contributed by atoms with Crippen LogP contribution in [0.4, 0.5) is 0 Å². The molecule has 0 fully saturated rings. The second-order valence-corrected chi connectivity index (χ2v) is 25.7. The molecule has 0 heterocycles. The molecule has 0 aromatic rings. The summed E-state index contributed by atoms with van der Waals surface area (Å²) in [5.41, 5.74) is 0. The molecule has 0 bridgehead atoms. The number of phosphoric acid groups is 1. The predicted molar refractivity (Wildman–Crippen MR) is 344 cm³/mol. The SMILES string of the molecule is CCCCC/C=C\C/C=C\C/C=C\C/C=C\CCCCCCCCCCCCCC(=O)NC(COP(=O)([O-])OCC[N+](C)(C)C)C(/C=C\CCCCCCCCCCCCC)OC(=O)CCCCCCCCCCCCCCCC. The van der Waals surface area contributed by atoms with Crippen molar-refractivity contribution >= 4 is 19.7 Å². The number of phosphoric ester groups is 1. The molecule has 0 saturated carbocycles.